The SMILES string of the molecule is CCOC(=O)c1cnn(-c2ccc(C(=O)NCc3ccnc(OCC)c3)cc2)c1C. The van der Waals surface area contributed by atoms with Crippen LogP contribution in [0.5, 0.6) is 5.88 Å². The zero-order valence-corrected chi connectivity index (χ0v) is 17.2. The molecule has 156 valence electrons. The molecular weight excluding hydrogens is 384 g/mol. The molecule has 1 amide bonds. The summed E-state index contributed by atoms with van der Waals surface area (Å²) in [4.78, 5) is 28.5. The van der Waals surface area contributed by atoms with E-state index in [9.17, 15) is 9.59 Å². The summed E-state index contributed by atoms with van der Waals surface area (Å²) < 4.78 is 12.0. The summed E-state index contributed by atoms with van der Waals surface area (Å²) in [5.41, 5.74) is 3.26. The van der Waals surface area contributed by atoms with Crippen LogP contribution in [0.2, 0.25) is 0 Å². The molecule has 2 heterocycles. The lowest BCUT2D eigenvalue weighted by atomic mass is 10.1. The fourth-order valence-corrected chi connectivity index (χ4v) is 2.90. The Kier molecular flexibility index (Phi) is 6.79. The lowest BCUT2D eigenvalue weighted by Gasteiger charge is -2.09. The molecule has 3 aromatic rings. The van der Waals surface area contributed by atoms with Gasteiger partial charge in [0, 0.05) is 24.4 Å². The normalized spacial score (nSPS) is 10.5. The highest BCUT2D eigenvalue weighted by Gasteiger charge is 2.16. The van der Waals surface area contributed by atoms with Crippen molar-refractivity contribution in [3.63, 3.8) is 0 Å². The van der Waals surface area contributed by atoms with Crippen molar-refractivity contribution in [1.29, 1.82) is 0 Å². The van der Waals surface area contributed by atoms with Crippen molar-refractivity contribution in [2.24, 2.45) is 0 Å². The molecule has 1 N–H and O–H groups in total. The quantitative estimate of drug-likeness (QED) is 0.576. The van der Waals surface area contributed by atoms with Crippen molar-refractivity contribution < 1.29 is 19.1 Å². The van der Waals surface area contributed by atoms with Gasteiger partial charge in [0.1, 0.15) is 5.56 Å². The van der Waals surface area contributed by atoms with Gasteiger partial charge in [-0.1, -0.05) is 0 Å². The van der Waals surface area contributed by atoms with Gasteiger partial charge in [0.2, 0.25) is 5.88 Å². The lowest BCUT2D eigenvalue weighted by molar-refractivity contribution is 0.0525. The molecule has 8 nitrogen and oxygen atoms in total. The van der Waals surface area contributed by atoms with Crippen LogP contribution in [0, 0.1) is 6.92 Å². The third-order valence-corrected chi connectivity index (χ3v) is 4.42. The van der Waals surface area contributed by atoms with Crippen molar-refractivity contribution in [2.75, 3.05) is 13.2 Å². The zero-order valence-electron chi connectivity index (χ0n) is 17.2. The predicted octanol–water partition coefficient (Wildman–Crippen LogP) is 3.08. The topological polar surface area (TPSA) is 95.3 Å². The molecule has 1 aromatic carbocycles. The Morgan fingerprint density at radius 1 is 1.10 bits per heavy atom. The number of ether oxygens (including phenoxy) is 2. The van der Waals surface area contributed by atoms with Crippen LogP contribution in [0.15, 0.2) is 48.8 Å². The average Bonchev–Trinajstić information content (AvgIpc) is 3.14. The summed E-state index contributed by atoms with van der Waals surface area (Å²) in [6.07, 6.45) is 3.14. The summed E-state index contributed by atoms with van der Waals surface area (Å²) >= 11 is 0. The van der Waals surface area contributed by atoms with E-state index in [0.717, 1.165) is 11.3 Å². The first-order valence-electron chi connectivity index (χ1n) is 9.71. The van der Waals surface area contributed by atoms with Crippen LogP contribution in [-0.2, 0) is 11.3 Å². The van der Waals surface area contributed by atoms with Gasteiger partial charge in [0.25, 0.3) is 5.91 Å². The molecule has 8 heteroatoms. The summed E-state index contributed by atoms with van der Waals surface area (Å²) in [7, 11) is 0. The molecule has 0 fully saturated rings. The summed E-state index contributed by atoms with van der Waals surface area (Å²) in [5.74, 6) is -0.0630. The average molecular weight is 408 g/mol. The third kappa shape index (κ3) is 4.83. The van der Waals surface area contributed by atoms with Crippen LogP contribution in [0.1, 0.15) is 45.8 Å². The molecule has 0 aliphatic rings. The number of nitrogens with zero attached hydrogens (tertiary/aromatic N) is 3. The molecule has 0 unspecified atom stereocenters. The number of esters is 1. The Balaban J connectivity index is 1.66. The number of hydrogen-bond donors (Lipinski definition) is 1. The second-order valence-corrected chi connectivity index (χ2v) is 6.44. The highest BCUT2D eigenvalue weighted by Crippen LogP contribution is 2.16. The molecule has 0 spiro atoms. The fraction of sp³-hybridized carbons (Fsp3) is 0.273. The molecule has 0 saturated heterocycles. The first-order valence-corrected chi connectivity index (χ1v) is 9.71. The Bertz CT molecular complexity index is 1030. The van der Waals surface area contributed by atoms with Crippen molar-refractivity contribution in [3.8, 4) is 11.6 Å². The van der Waals surface area contributed by atoms with Gasteiger partial charge >= 0.3 is 5.97 Å². The standard InChI is InChI=1S/C22H24N4O4/c1-4-29-20-12-16(10-11-23-20)13-24-21(27)17-6-8-18(9-7-17)26-15(3)19(14-25-26)22(28)30-5-2/h6-12,14H,4-5,13H2,1-3H3,(H,24,27). The van der Waals surface area contributed by atoms with E-state index < -0.39 is 5.97 Å². The van der Waals surface area contributed by atoms with Gasteiger partial charge in [-0.05, 0) is 56.7 Å². The van der Waals surface area contributed by atoms with Crippen LogP contribution < -0.4 is 10.1 Å². The van der Waals surface area contributed by atoms with E-state index >= 15 is 0 Å². The van der Waals surface area contributed by atoms with Gasteiger partial charge in [0.05, 0.1) is 30.8 Å². The molecule has 2 aromatic heterocycles. The van der Waals surface area contributed by atoms with E-state index in [-0.39, 0.29) is 5.91 Å². The van der Waals surface area contributed by atoms with Gasteiger partial charge in [-0.2, -0.15) is 5.10 Å². The molecule has 0 bridgehead atoms. The van der Waals surface area contributed by atoms with Gasteiger partial charge in [-0.15, -0.1) is 0 Å². The number of amides is 1. The van der Waals surface area contributed by atoms with E-state index in [1.165, 1.54) is 6.20 Å². The minimum atomic E-state index is -0.402. The molecule has 0 saturated carbocycles. The number of carbonyl (C=O) groups is 2. The smallest absolute Gasteiger partial charge is 0.341 e. The molecule has 0 aliphatic carbocycles. The van der Waals surface area contributed by atoms with E-state index in [0.29, 0.717) is 42.5 Å². The first-order chi connectivity index (χ1) is 14.5. The van der Waals surface area contributed by atoms with Gasteiger partial charge < -0.3 is 14.8 Å². The molecule has 0 aliphatic heterocycles. The van der Waals surface area contributed by atoms with E-state index in [1.54, 1.807) is 55.1 Å². The van der Waals surface area contributed by atoms with Gasteiger partial charge in [-0.25, -0.2) is 14.5 Å². The Labute approximate surface area is 174 Å². The van der Waals surface area contributed by atoms with E-state index in [1.807, 2.05) is 13.0 Å². The molecule has 0 radical (unpaired) electrons. The van der Waals surface area contributed by atoms with Gasteiger partial charge in [-0.3, -0.25) is 4.79 Å². The maximum absolute atomic E-state index is 12.5. The first kappa shape index (κ1) is 21.0. The number of pyridine rings is 1. The number of nitrogens with one attached hydrogen (secondary N) is 1. The minimum absolute atomic E-state index is 0.194. The molecule has 30 heavy (non-hydrogen) atoms. The number of benzene rings is 1. The Morgan fingerprint density at radius 3 is 2.57 bits per heavy atom. The number of carbonyl (C=O) groups excluding carboxylic acids is 2. The number of rotatable bonds is 8. The second-order valence-electron chi connectivity index (χ2n) is 6.44. The van der Waals surface area contributed by atoms with Gasteiger partial charge in [0.15, 0.2) is 0 Å². The Hall–Kier alpha value is -3.68. The summed E-state index contributed by atoms with van der Waals surface area (Å²) in [6, 6.07) is 10.6. The highest BCUT2D eigenvalue weighted by atomic mass is 16.5. The monoisotopic (exact) mass is 408 g/mol. The summed E-state index contributed by atoms with van der Waals surface area (Å²) in [5, 5.41) is 7.14. The van der Waals surface area contributed by atoms with Crippen molar-refractivity contribution in [1.82, 2.24) is 20.1 Å². The maximum atomic E-state index is 12.5. The third-order valence-electron chi connectivity index (χ3n) is 4.42. The van der Waals surface area contributed by atoms with E-state index in [4.69, 9.17) is 9.47 Å². The van der Waals surface area contributed by atoms with Crippen molar-refractivity contribution in [3.05, 3.63) is 71.2 Å². The van der Waals surface area contributed by atoms with Crippen LogP contribution in [0.4, 0.5) is 0 Å². The summed E-state index contributed by atoms with van der Waals surface area (Å²) in [6.45, 7) is 6.65. The van der Waals surface area contributed by atoms with E-state index in [2.05, 4.69) is 15.4 Å². The minimum Gasteiger partial charge on any atom is -0.478 e. The van der Waals surface area contributed by atoms with Crippen LogP contribution in [0.25, 0.3) is 5.69 Å². The second kappa shape index (κ2) is 9.69. The predicted molar refractivity (Wildman–Crippen MR) is 111 cm³/mol. The zero-order chi connectivity index (χ0) is 21.5. The van der Waals surface area contributed by atoms with Crippen LogP contribution >= 0.6 is 0 Å². The van der Waals surface area contributed by atoms with Crippen molar-refractivity contribution in [2.45, 2.75) is 27.3 Å². The van der Waals surface area contributed by atoms with Crippen LogP contribution in [-0.4, -0.2) is 39.9 Å². The Morgan fingerprint density at radius 2 is 1.87 bits per heavy atom. The highest BCUT2D eigenvalue weighted by molar-refractivity contribution is 5.94. The molecular formula is C22H24N4O4. The number of aromatic nitrogens is 3. The molecule has 0 atom stereocenters. The van der Waals surface area contributed by atoms with Crippen LogP contribution in [0.3, 0.4) is 0 Å². The fourth-order valence-electron chi connectivity index (χ4n) is 2.90. The van der Waals surface area contributed by atoms with Crippen molar-refractivity contribution >= 4 is 11.9 Å². The maximum Gasteiger partial charge on any atom is 0.341 e. The molecule has 3 rings (SSSR count). The lowest BCUT2D eigenvalue weighted by Crippen LogP contribution is -2.22. The largest absolute Gasteiger partial charge is 0.478 e. The number of hydrogen-bond acceptors (Lipinski definition) is 6.